The van der Waals surface area contributed by atoms with Crippen LogP contribution in [-0.2, 0) is 0 Å². The second kappa shape index (κ2) is 8.44. The van der Waals surface area contributed by atoms with Gasteiger partial charge in [0.1, 0.15) is 11.8 Å². The number of para-hydroxylation sites is 1. The lowest BCUT2D eigenvalue weighted by atomic mass is 10.0. The van der Waals surface area contributed by atoms with Crippen molar-refractivity contribution in [3.63, 3.8) is 0 Å². The first-order valence-corrected chi connectivity index (χ1v) is 11.0. The fourth-order valence-electron chi connectivity index (χ4n) is 4.83. The number of ether oxygens (including phenoxy) is 1. The summed E-state index contributed by atoms with van der Waals surface area (Å²) in [5.41, 5.74) is 6.17. The predicted molar refractivity (Wildman–Crippen MR) is 121 cm³/mol. The smallest absolute Gasteiger partial charge is 0.140 e. The zero-order valence-corrected chi connectivity index (χ0v) is 17.8. The number of benzene rings is 3. The van der Waals surface area contributed by atoms with Gasteiger partial charge < -0.3 is 14.7 Å². The summed E-state index contributed by atoms with van der Waals surface area (Å²) in [5.74, 6) is 0.288. The summed E-state index contributed by atoms with van der Waals surface area (Å²) in [6.45, 7) is 6.11. The Morgan fingerprint density at radius 1 is 0.968 bits per heavy atom. The molecule has 5 nitrogen and oxygen atoms in total. The van der Waals surface area contributed by atoms with Gasteiger partial charge in [0.05, 0.1) is 39.0 Å². The fraction of sp³-hybridized carbons (Fsp3) is 0.269. The predicted octanol–water partition coefficient (Wildman–Crippen LogP) is 2.46. The number of piperazine rings is 1. The van der Waals surface area contributed by atoms with Crippen molar-refractivity contribution in [2.75, 3.05) is 32.8 Å². The van der Waals surface area contributed by atoms with Gasteiger partial charge in [0, 0.05) is 11.1 Å². The van der Waals surface area contributed by atoms with Crippen molar-refractivity contribution in [3.05, 3.63) is 83.4 Å². The van der Waals surface area contributed by atoms with E-state index in [9.17, 15) is 5.11 Å². The number of hydrogen-bond donors (Lipinski definition) is 1. The largest absolute Gasteiger partial charge is 0.870 e. The van der Waals surface area contributed by atoms with Crippen LogP contribution in [0.1, 0.15) is 29.7 Å². The first kappa shape index (κ1) is 19.6. The Labute approximate surface area is 183 Å². The summed E-state index contributed by atoms with van der Waals surface area (Å²) in [6.07, 6.45) is 1.68. The van der Waals surface area contributed by atoms with Crippen LogP contribution in [0.3, 0.4) is 0 Å². The Bertz CT molecular complexity index is 1060. The highest BCUT2D eigenvalue weighted by Crippen LogP contribution is 2.41. The highest BCUT2D eigenvalue weighted by Gasteiger charge is 2.37. The minimum atomic E-state index is -0.100. The van der Waals surface area contributed by atoms with Gasteiger partial charge >= 0.3 is 0 Å². The van der Waals surface area contributed by atoms with Crippen molar-refractivity contribution in [3.8, 4) is 22.6 Å². The van der Waals surface area contributed by atoms with Gasteiger partial charge in [-0.3, -0.25) is 5.01 Å². The molecule has 1 heterocycles. The van der Waals surface area contributed by atoms with Crippen LogP contribution in [0.4, 0.5) is 0 Å². The molecule has 0 radical (unpaired) electrons. The van der Waals surface area contributed by atoms with Crippen LogP contribution in [-0.4, -0.2) is 44.0 Å². The molecule has 0 atom stereocenters. The average Bonchev–Trinajstić information content (AvgIpc) is 3.15. The molecule has 5 rings (SSSR count). The van der Waals surface area contributed by atoms with E-state index in [4.69, 9.17) is 4.74 Å². The number of quaternary nitrogens is 1. The molecule has 1 aliphatic carbocycles. The highest BCUT2D eigenvalue weighted by molar-refractivity contribution is 5.84. The summed E-state index contributed by atoms with van der Waals surface area (Å²) >= 11 is 0. The van der Waals surface area contributed by atoms with Gasteiger partial charge in [0.2, 0.25) is 0 Å². The number of nitrogens with zero attached hydrogens (tertiary/aromatic N) is 2. The van der Waals surface area contributed by atoms with Crippen molar-refractivity contribution >= 4 is 6.21 Å². The minimum absolute atomic E-state index is 0.100. The van der Waals surface area contributed by atoms with Crippen molar-refractivity contribution < 1.29 is 14.7 Å². The molecule has 0 aromatic heterocycles. The third-order valence-electron chi connectivity index (χ3n) is 6.29. The van der Waals surface area contributed by atoms with E-state index in [1.54, 1.807) is 23.2 Å². The highest BCUT2D eigenvalue weighted by atomic mass is 16.5. The molecule has 3 aromatic carbocycles. The Kier molecular flexibility index (Phi) is 5.35. The topological polar surface area (TPSA) is 52.3 Å². The number of fused-ring (bicyclic) bond motifs is 3. The van der Waals surface area contributed by atoms with Crippen molar-refractivity contribution in [2.45, 2.75) is 13.0 Å². The molecule has 1 saturated heterocycles. The van der Waals surface area contributed by atoms with Crippen molar-refractivity contribution in [1.82, 2.24) is 5.01 Å². The van der Waals surface area contributed by atoms with E-state index in [0.717, 1.165) is 26.2 Å². The molecule has 5 heteroatoms. The van der Waals surface area contributed by atoms with Crippen LogP contribution in [0.15, 0.2) is 71.8 Å². The molecule has 1 N–H and O–H groups in total. The monoisotopic (exact) mass is 413 g/mol. The van der Waals surface area contributed by atoms with Gasteiger partial charge in [0.25, 0.3) is 0 Å². The molecule has 2 aliphatic rings. The Morgan fingerprint density at radius 3 is 2.26 bits per heavy atom. The zero-order valence-electron chi connectivity index (χ0n) is 17.8. The maximum atomic E-state index is 12.5. The van der Waals surface area contributed by atoms with E-state index in [0.29, 0.717) is 24.0 Å². The maximum absolute atomic E-state index is 12.5. The summed E-state index contributed by atoms with van der Waals surface area (Å²) in [6, 6.07) is 23.3. The summed E-state index contributed by atoms with van der Waals surface area (Å²) in [5, 5.41) is 19.1. The van der Waals surface area contributed by atoms with Crippen LogP contribution < -0.4 is 14.7 Å². The molecule has 3 aromatic rings. The van der Waals surface area contributed by atoms with Crippen molar-refractivity contribution in [1.29, 1.82) is 0 Å². The summed E-state index contributed by atoms with van der Waals surface area (Å²) in [4.78, 5) is 1.58. The Balaban J connectivity index is 1.30. The second-order valence-electron chi connectivity index (χ2n) is 8.07. The molecular formula is C26H27N3O2. The van der Waals surface area contributed by atoms with Gasteiger partial charge in [-0.05, 0) is 29.7 Å². The molecule has 31 heavy (non-hydrogen) atoms. The van der Waals surface area contributed by atoms with E-state index in [1.807, 2.05) is 13.0 Å². The van der Waals surface area contributed by atoms with Crippen LogP contribution in [0.5, 0.6) is 11.5 Å². The average molecular weight is 414 g/mol. The molecule has 0 amide bonds. The lowest BCUT2D eigenvalue weighted by Gasteiger charge is -2.34. The fourth-order valence-corrected chi connectivity index (χ4v) is 4.83. The number of rotatable bonds is 5. The van der Waals surface area contributed by atoms with Gasteiger partial charge in [-0.15, -0.1) is 0 Å². The number of nitrogens with one attached hydrogen (secondary N) is 1. The lowest BCUT2D eigenvalue weighted by Crippen LogP contribution is -3.14. The molecule has 1 aliphatic heterocycles. The number of hydrazone groups is 1. The molecular weight excluding hydrogens is 386 g/mol. The van der Waals surface area contributed by atoms with Crippen LogP contribution in [0.2, 0.25) is 0 Å². The van der Waals surface area contributed by atoms with Gasteiger partial charge in [-0.25, -0.2) is 0 Å². The van der Waals surface area contributed by atoms with Gasteiger partial charge in [0.15, 0.2) is 0 Å². The Hall–Kier alpha value is -3.31. The maximum Gasteiger partial charge on any atom is 0.140 e. The lowest BCUT2D eigenvalue weighted by molar-refractivity contribution is -0.929. The molecule has 1 fully saturated rings. The van der Waals surface area contributed by atoms with E-state index in [2.05, 4.69) is 58.6 Å². The molecule has 0 spiro atoms. The SMILES string of the molecule is CCOc1cccc(/C=N/N2CC[NH+](C3c4ccccc4-c4ccccc43)CC2)c1[O-]. The van der Waals surface area contributed by atoms with E-state index in [-0.39, 0.29) is 5.75 Å². The van der Waals surface area contributed by atoms with Gasteiger partial charge in [-0.1, -0.05) is 66.4 Å². The molecule has 158 valence electrons. The molecule has 0 bridgehead atoms. The van der Waals surface area contributed by atoms with Crippen molar-refractivity contribution in [2.24, 2.45) is 5.10 Å². The van der Waals surface area contributed by atoms with E-state index in [1.165, 1.54) is 22.3 Å². The minimum Gasteiger partial charge on any atom is -0.870 e. The zero-order chi connectivity index (χ0) is 21.2. The summed E-state index contributed by atoms with van der Waals surface area (Å²) < 4.78 is 5.41. The first-order valence-electron chi connectivity index (χ1n) is 11.0. The van der Waals surface area contributed by atoms with E-state index >= 15 is 0 Å². The van der Waals surface area contributed by atoms with Crippen LogP contribution >= 0.6 is 0 Å². The third kappa shape index (κ3) is 3.66. The molecule has 0 saturated carbocycles. The summed E-state index contributed by atoms with van der Waals surface area (Å²) in [7, 11) is 0. The quantitative estimate of drug-likeness (QED) is 0.654. The van der Waals surface area contributed by atoms with Crippen LogP contribution in [0, 0.1) is 0 Å². The molecule has 0 unspecified atom stereocenters. The number of hydrogen-bond acceptors (Lipinski definition) is 4. The normalized spacial score (nSPS) is 16.5. The third-order valence-corrected chi connectivity index (χ3v) is 6.29. The Morgan fingerprint density at radius 2 is 1.61 bits per heavy atom. The second-order valence-corrected chi connectivity index (χ2v) is 8.07. The van der Waals surface area contributed by atoms with E-state index < -0.39 is 0 Å². The standard InChI is InChI=1S/C26H27N3O2/c1-2-31-24-13-7-8-19(26(24)30)18-27-29-16-14-28(15-17-29)25-22-11-5-3-9-20(22)21-10-4-6-12-23(21)25/h3-13,18,25,30H,2,14-17H2,1H3/b27-18+. The first-order chi connectivity index (χ1) is 15.3. The van der Waals surface area contributed by atoms with Gasteiger partial charge in [-0.2, -0.15) is 5.10 Å². The van der Waals surface area contributed by atoms with Crippen LogP contribution in [0.25, 0.3) is 11.1 Å².